The van der Waals surface area contributed by atoms with Crippen LogP contribution >= 0.6 is 0 Å². The van der Waals surface area contributed by atoms with Crippen LogP contribution in [0, 0.1) is 6.92 Å². The van der Waals surface area contributed by atoms with Crippen molar-refractivity contribution in [2.24, 2.45) is 0 Å². The van der Waals surface area contributed by atoms with E-state index in [0.29, 0.717) is 11.8 Å². The van der Waals surface area contributed by atoms with Gasteiger partial charge in [-0.05, 0) is 54.3 Å². The molecule has 1 N–H and O–H groups in total. The van der Waals surface area contributed by atoms with E-state index in [-0.39, 0.29) is 6.04 Å². The molecule has 4 aromatic rings. The molecule has 1 saturated heterocycles. The molecule has 2 nitrogen and oxygen atoms in total. The Bertz CT molecular complexity index is 1170. The van der Waals surface area contributed by atoms with Crippen LogP contribution in [-0.2, 0) is 0 Å². The molecule has 0 radical (unpaired) electrons. The summed E-state index contributed by atoms with van der Waals surface area (Å²) in [6.07, 6.45) is 3.55. The zero-order chi connectivity index (χ0) is 21.2. The first-order valence-corrected chi connectivity index (χ1v) is 11.3. The van der Waals surface area contributed by atoms with Gasteiger partial charge in [0.1, 0.15) is 5.75 Å². The molecular formula is C29H29NO. The predicted molar refractivity (Wildman–Crippen MR) is 128 cm³/mol. The summed E-state index contributed by atoms with van der Waals surface area (Å²) in [6, 6.07) is 32.3. The largest absolute Gasteiger partial charge is 0.508 e. The lowest BCUT2D eigenvalue weighted by Crippen LogP contribution is -2.37. The lowest BCUT2D eigenvalue weighted by molar-refractivity contribution is 0.112. The normalized spacial score (nSPS) is 18.2. The molecular weight excluding hydrogens is 378 g/mol. The standard InChI is InChI=1S/C29H29NO/c1-21-14-16-23(17-15-21)26-13-7-8-20-30(26)29(24-10-3-2-4-11-24)28-25-12-6-5-9-22(25)18-19-27(28)31/h2-6,9-12,14-19,26,29,31H,7-8,13,20H2,1H3/t26-,29+/m1/s1. The van der Waals surface area contributed by atoms with Crippen LogP contribution in [0.1, 0.15) is 53.6 Å². The average Bonchev–Trinajstić information content (AvgIpc) is 2.82. The van der Waals surface area contributed by atoms with Crippen LogP contribution in [0.5, 0.6) is 5.75 Å². The Labute approximate surface area is 184 Å². The topological polar surface area (TPSA) is 23.5 Å². The third-order valence-corrected chi connectivity index (χ3v) is 6.67. The molecule has 1 heterocycles. The van der Waals surface area contributed by atoms with E-state index in [1.165, 1.54) is 34.9 Å². The van der Waals surface area contributed by atoms with Crippen molar-refractivity contribution in [3.05, 3.63) is 113 Å². The first kappa shape index (κ1) is 19.8. The number of benzene rings is 4. The Morgan fingerprint density at radius 2 is 1.55 bits per heavy atom. The smallest absolute Gasteiger partial charge is 0.121 e. The van der Waals surface area contributed by atoms with Crippen LogP contribution in [-0.4, -0.2) is 16.6 Å². The van der Waals surface area contributed by atoms with E-state index in [4.69, 9.17) is 0 Å². The second kappa shape index (κ2) is 8.56. The van der Waals surface area contributed by atoms with Crippen molar-refractivity contribution < 1.29 is 5.11 Å². The molecule has 0 unspecified atom stereocenters. The van der Waals surface area contributed by atoms with Crippen molar-refractivity contribution in [1.29, 1.82) is 0 Å². The maximum absolute atomic E-state index is 11.1. The summed E-state index contributed by atoms with van der Waals surface area (Å²) >= 11 is 0. The zero-order valence-electron chi connectivity index (χ0n) is 18.0. The van der Waals surface area contributed by atoms with Gasteiger partial charge in [-0.3, -0.25) is 4.90 Å². The molecule has 1 fully saturated rings. The number of aryl methyl sites for hydroxylation is 1. The Morgan fingerprint density at radius 1 is 0.806 bits per heavy atom. The van der Waals surface area contributed by atoms with Gasteiger partial charge in [0.2, 0.25) is 0 Å². The summed E-state index contributed by atoms with van der Waals surface area (Å²) in [5.41, 5.74) is 4.90. The van der Waals surface area contributed by atoms with Crippen LogP contribution in [0.2, 0.25) is 0 Å². The summed E-state index contributed by atoms with van der Waals surface area (Å²) in [6.45, 7) is 3.16. The minimum absolute atomic E-state index is 0.00102. The fraction of sp³-hybridized carbons (Fsp3) is 0.241. The fourth-order valence-electron chi connectivity index (χ4n) is 5.14. The van der Waals surface area contributed by atoms with Gasteiger partial charge in [-0.1, -0.05) is 96.9 Å². The maximum atomic E-state index is 11.1. The minimum atomic E-state index is -0.00102. The van der Waals surface area contributed by atoms with Gasteiger partial charge in [-0.15, -0.1) is 0 Å². The van der Waals surface area contributed by atoms with Crippen LogP contribution < -0.4 is 0 Å². The van der Waals surface area contributed by atoms with Crippen molar-refractivity contribution >= 4 is 10.8 Å². The van der Waals surface area contributed by atoms with Gasteiger partial charge in [0.05, 0.1) is 6.04 Å². The summed E-state index contributed by atoms with van der Waals surface area (Å²) in [5, 5.41) is 13.4. The number of hydrogen-bond donors (Lipinski definition) is 1. The summed E-state index contributed by atoms with van der Waals surface area (Å²) in [7, 11) is 0. The highest BCUT2D eigenvalue weighted by atomic mass is 16.3. The number of hydrogen-bond acceptors (Lipinski definition) is 2. The van der Waals surface area contributed by atoms with Crippen molar-refractivity contribution in [2.45, 2.75) is 38.3 Å². The first-order valence-electron chi connectivity index (χ1n) is 11.3. The second-order valence-corrected chi connectivity index (χ2v) is 8.69. The molecule has 0 saturated carbocycles. The van der Waals surface area contributed by atoms with Crippen molar-refractivity contribution in [3.63, 3.8) is 0 Å². The zero-order valence-corrected chi connectivity index (χ0v) is 18.0. The first-order chi connectivity index (χ1) is 15.2. The monoisotopic (exact) mass is 407 g/mol. The number of likely N-dealkylation sites (tertiary alicyclic amines) is 1. The van der Waals surface area contributed by atoms with Gasteiger partial charge in [-0.2, -0.15) is 0 Å². The van der Waals surface area contributed by atoms with Crippen molar-refractivity contribution in [2.75, 3.05) is 6.54 Å². The summed E-state index contributed by atoms with van der Waals surface area (Å²) < 4.78 is 0. The molecule has 0 spiro atoms. The lowest BCUT2D eigenvalue weighted by Gasteiger charge is -2.42. The third-order valence-electron chi connectivity index (χ3n) is 6.67. The number of aromatic hydroxyl groups is 1. The molecule has 0 amide bonds. The lowest BCUT2D eigenvalue weighted by atomic mass is 9.86. The highest BCUT2D eigenvalue weighted by Crippen LogP contribution is 2.45. The third kappa shape index (κ3) is 3.84. The molecule has 4 aromatic carbocycles. The Kier molecular flexibility index (Phi) is 5.48. The van der Waals surface area contributed by atoms with Gasteiger partial charge in [0.25, 0.3) is 0 Å². The van der Waals surface area contributed by atoms with Crippen LogP contribution in [0.3, 0.4) is 0 Å². The molecule has 156 valence electrons. The van der Waals surface area contributed by atoms with Gasteiger partial charge in [0, 0.05) is 11.6 Å². The number of rotatable bonds is 4. The number of nitrogens with zero attached hydrogens (tertiary/aromatic N) is 1. The number of phenolic OH excluding ortho intramolecular Hbond substituents is 1. The molecule has 0 bridgehead atoms. The fourth-order valence-corrected chi connectivity index (χ4v) is 5.14. The van der Waals surface area contributed by atoms with Gasteiger partial charge >= 0.3 is 0 Å². The van der Waals surface area contributed by atoms with Crippen molar-refractivity contribution in [1.82, 2.24) is 4.90 Å². The van der Waals surface area contributed by atoms with Crippen molar-refractivity contribution in [3.8, 4) is 5.75 Å². The van der Waals surface area contributed by atoms with E-state index >= 15 is 0 Å². The van der Waals surface area contributed by atoms with Gasteiger partial charge in [0.15, 0.2) is 0 Å². The SMILES string of the molecule is Cc1ccc([C@H]2CCCCN2[C@@H](c2ccccc2)c2c(O)ccc3ccccc23)cc1. The van der Waals surface area contributed by atoms with E-state index in [2.05, 4.69) is 90.7 Å². The molecule has 2 atom stereocenters. The van der Waals surface area contributed by atoms with Gasteiger partial charge in [-0.25, -0.2) is 0 Å². The quantitative estimate of drug-likeness (QED) is 0.387. The molecule has 1 aliphatic heterocycles. The highest BCUT2D eigenvalue weighted by Gasteiger charge is 2.34. The van der Waals surface area contributed by atoms with E-state index in [1.807, 2.05) is 12.1 Å². The number of fused-ring (bicyclic) bond motifs is 1. The van der Waals surface area contributed by atoms with E-state index in [0.717, 1.165) is 23.9 Å². The highest BCUT2D eigenvalue weighted by molar-refractivity contribution is 5.88. The molecule has 0 aromatic heterocycles. The average molecular weight is 408 g/mol. The van der Waals surface area contributed by atoms with Crippen LogP contribution in [0.15, 0.2) is 91.0 Å². The molecule has 0 aliphatic carbocycles. The van der Waals surface area contributed by atoms with Gasteiger partial charge < -0.3 is 5.11 Å². The molecule has 2 heteroatoms. The minimum Gasteiger partial charge on any atom is -0.508 e. The van der Waals surface area contributed by atoms with E-state index in [9.17, 15) is 5.11 Å². The number of piperidine rings is 1. The van der Waals surface area contributed by atoms with Crippen LogP contribution in [0.4, 0.5) is 0 Å². The summed E-state index contributed by atoms with van der Waals surface area (Å²) in [4.78, 5) is 2.62. The Hall–Kier alpha value is -3.10. The second-order valence-electron chi connectivity index (χ2n) is 8.69. The maximum Gasteiger partial charge on any atom is 0.121 e. The predicted octanol–water partition coefficient (Wildman–Crippen LogP) is 7.17. The molecule has 1 aliphatic rings. The Morgan fingerprint density at radius 3 is 2.35 bits per heavy atom. The summed E-state index contributed by atoms with van der Waals surface area (Å²) in [5.74, 6) is 0.376. The van der Waals surface area contributed by atoms with Crippen LogP contribution in [0.25, 0.3) is 10.8 Å². The number of phenols is 1. The molecule has 31 heavy (non-hydrogen) atoms. The Balaban J connectivity index is 1.70. The van der Waals surface area contributed by atoms with E-state index < -0.39 is 0 Å². The van der Waals surface area contributed by atoms with E-state index in [1.54, 1.807) is 0 Å². The molecule has 5 rings (SSSR count).